The molecule has 2 atom stereocenters. The van der Waals surface area contributed by atoms with Crippen molar-refractivity contribution in [3.8, 4) is 11.3 Å². The van der Waals surface area contributed by atoms with Crippen molar-refractivity contribution in [1.29, 1.82) is 0 Å². The Morgan fingerprint density at radius 2 is 2.00 bits per heavy atom. The van der Waals surface area contributed by atoms with E-state index in [1.165, 1.54) is 0 Å². The van der Waals surface area contributed by atoms with Gasteiger partial charge in [0.05, 0.1) is 31.7 Å². The fourth-order valence-electron chi connectivity index (χ4n) is 4.07. The minimum absolute atomic E-state index is 0.447. The van der Waals surface area contributed by atoms with Crippen molar-refractivity contribution in [3.05, 3.63) is 36.5 Å². The lowest BCUT2D eigenvalue weighted by Crippen LogP contribution is -2.50. The maximum Gasteiger partial charge on any atom is 0.214 e. The second-order valence-corrected chi connectivity index (χ2v) is 8.30. The molecule has 0 amide bonds. The minimum atomic E-state index is 0.447. The number of aromatic nitrogens is 3. The van der Waals surface area contributed by atoms with Crippen LogP contribution < -0.4 is 5.32 Å². The first-order valence-electron chi connectivity index (χ1n) is 9.92. The summed E-state index contributed by atoms with van der Waals surface area (Å²) in [5.41, 5.74) is 2.07. The van der Waals surface area contributed by atoms with Gasteiger partial charge in [-0.2, -0.15) is 0 Å². The number of nitrogens with one attached hydrogen (secondary N) is 1. The molecule has 8 heteroatoms. The predicted octanol–water partition coefficient (Wildman–Crippen LogP) is 2.61. The van der Waals surface area contributed by atoms with E-state index < -0.39 is 0 Å². The summed E-state index contributed by atoms with van der Waals surface area (Å²) in [7, 11) is 0. The molecule has 2 fully saturated rings. The van der Waals surface area contributed by atoms with Crippen LogP contribution in [0.1, 0.15) is 6.42 Å². The Labute approximate surface area is 168 Å². The molecule has 2 saturated heterocycles. The van der Waals surface area contributed by atoms with Gasteiger partial charge in [0.15, 0.2) is 0 Å². The molecule has 2 aliphatic heterocycles. The Morgan fingerprint density at radius 1 is 1.14 bits per heavy atom. The zero-order valence-corrected chi connectivity index (χ0v) is 16.6. The van der Waals surface area contributed by atoms with Crippen LogP contribution in [0.15, 0.2) is 36.5 Å². The Hall–Kier alpha value is -2.00. The van der Waals surface area contributed by atoms with Crippen LogP contribution in [0.4, 0.5) is 5.13 Å². The second kappa shape index (κ2) is 8.16. The van der Waals surface area contributed by atoms with E-state index >= 15 is 0 Å². The van der Waals surface area contributed by atoms with Gasteiger partial charge in [-0.25, -0.2) is 9.50 Å². The maximum atomic E-state index is 5.66. The van der Waals surface area contributed by atoms with Crippen LogP contribution >= 0.6 is 11.3 Å². The number of fused-ring (bicyclic) bond motifs is 1. The molecule has 3 aromatic rings. The maximum absolute atomic E-state index is 5.66. The third-order valence-electron chi connectivity index (χ3n) is 5.60. The summed E-state index contributed by atoms with van der Waals surface area (Å²) in [5, 5.41) is 9.17. The molecule has 1 N–H and O–H groups in total. The molecule has 2 aliphatic rings. The summed E-state index contributed by atoms with van der Waals surface area (Å²) >= 11 is 1.60. The molecule has 0 saturated carbocycles. The van der Waals surface area contributed by atoms with Gasteiger partial charge in [-0.1, -0.05) is 41.7 Å². The number of ether oxygens (including phenoxy) is 2. The smallest absolute Gasteiger partial charge is 0.214 e. The molecule has 5 rings (SSSR count). The highest BCUT2D eigenvalue weighted by molar-refractivity contribution is 7.20. The first kappa shape index (κ1) is 18.1. The van der Waals surface area contributed by atoms with Gasteiger partial charge >= 0.3 is 0 Å². The van der Waals surface area contributed by atoms with Crippen LogP contribution in [0.3, 0.4) is 0 Å². The van der Waals surface area contributed by atoms with E-state index in [1.54, 1.807) is 11.3 Å². The third kappa shape index (κ3) is 3.77. The first-order valence-corrected chi connectivity index (χ1v) is 10.7. The van der Waals surface area contributed by atoms with E-state index in [2.05, 4.69) is 27.4 Å². The van der Waals surface area contributed by atoms with E-state index in [0.29, 0.717) is 12.0 Å². The molecule has 0 aliphatic carbocycles. The molecule has 0 unspecified atom stereocenters. The summed E-state index contributed by atoms with van der Waals surface area (Å²) in [6.07, 6.45) is 3.13. The normalized spacial score (nSPS) is 21.9. The Kier molecular flexibility index (Phi) is 5.26. The number of imidazole rings is 1. The average Bonchev–Trinajstić information content (AvgIpc) is 3.46. The number of rotatable bonds is 6. The largest absolute Gasteiger partial charge is 0.381 e. The van der Waals surface area contributed by atoms with Gasteiger partial charge in [-0.05, 0) is 6.42 Å². The lowest BCUT2D eigenvalue weighted by atomic mass is 9.97. The van der Waals surface area contributed by atoms with E-state index in [0.717, 1.165) is 73.8 Å². The van der Waals surface area contributed by atoms with Gasteiger partial charge in [0, 0.05) is 43.8 Å². The molecule has 0 spiro atoms. The number of hydrogen-bond donors (Lipinski definition) is 1. The van der Waals surface area contributed by atoms with Crippen LogP contribution in [0.2, 0.25) is 0 Å². The Balaban J connectivity index is 1.29. The zero-order chi connectivity index (χ0) is 18.8. The topological polar surface area (TPSA) is 63.9 Å². The van der Waals surface area contributed by atoms with Gasteiger partial charge in [0.2, 0.25) is 10.1 Å². The van der Waals surface area contributed by atoms with Crippen molar-refractivity contribution in [1.82, 2.24) is 19.5 Å². The van der Waals surface area contributed by atoms with Crippen molar-refractivity contribution in [3.63, 3.8) is 0 Å². The van der Waals surface area contributed by atoms with E-state index in [-0.39, 0.29) is 0 Å². The van der Waals surface area contributed by atoms with Gasteiger partial charge in [-0.3, -0.25) is 4.90 Å². The van der Waals surface area contributed by atoms with Crippen molar-refractivity contribution >= 4 is 21.4 Å². The van der Waals surface area contributed by atoms with Crippen LogP contribution in [0, 0.1) is 5.92 Å². The second-order valence-electron chi connectivity index (χ2n) is 7.35. The van der Waals surface area contributed by atoms with Crippen LogP contribution in [-0.4, -0.2) is 71.6 Å². The molecule has 7 nitrogen and oxygen atoms in total. The molecule has 28 heavy (non-hydrogen) atoms. The summed E-state index contributed by atoms with van der Waals surface area (Å²) in [5.74, 6) is 0.569. The monoisotopic (exact) mass is 399 g/mol. The zero-order valence-electron chi connectivity index (χ0n) is 15.8. The van der Waals surface area contributed by atoms with Crippen molar-refractivity contribution < 1.29 is 9.47 Å². The van der Waals surface area contributed by atoms with Crippen LogP contribution in [0.5, 0.6) is 0 Å². The standard InChI is InChI=1S/C20H25N5O2S/c1-2-4-15(5-3-1)17-13-25-20(22-17)28-19(23-25)21-12-18(16-6-9-27-14-16)24-7-10-26-11-8-24/h1-5,13,16,18H,6-12,14H2,(H,21,23)/t16-,18-/m1/s1. The number of anilines is 1. The number of hydrogen-bond acceptors (Lipinski definition) is 7. The van der Waals surface area contributed by atoms with E-state index in [1.807, 2.05) is 28.9 Å². The van der Waals surface area contributed by atoms with Gasteiger partial charge in [0.25, 0.3) is 0 Å². The molecule has 4 heterocycles. The molecule has 2 aromatic heterocycles. The predicted molar refractivity (Wildman–Crippen MR) is 110 cm³/mol. The number of morpholine rings is 1. The molecule has 0 radical (unpaired) electrons. The van der Waals surface area contributed by atoms with E-state index in [4.69, 9.17) is 14.5 Å². The Morgan fingerprint density at radius 3 is 2.75 bits per heavy atom. The average molecular weight is 400 g/mol. The molecular formula is C20H25N5O2S. The summed E-state index contributed by atoms with van der Waals surface area (Å²) < 4.78 is 13.1. The Bertz CT molecular complexity index is 868. The fraction of sp³-hybridized carbons (Fsp3) is 0.500. The van der Waals surface area contributed by atoms with E-state index in [9.17, 15) is 0 Å². The number of nitrogens with zero attached hydrogens (tertiary/aromatic N) is 4. The highest BCUT2D eigenvalue weighted by Crippen LogP contribution is 2.26. The van der Waals surface area contributed by atoms with Crippen molar-refractivity contribution in [2.24, 2.45) is 5.92 Å². The van der Waals surface area contributed by atoms with Gasteiger partial charge in [0.1, 0.15) is 0 Å². The van der Waals surface area contributed by atoms with Crippen LogP contribution in [0.25, 0.3) is 16.2 Å². The first-order chi connectivity index (χ1) is 13.9. The summed E-state index contributed by atoms with van der Waals surface area (Å²) in [4.78, 5) is 8.18. The summed E-state index contributed by atoms with van der Waals surface area (Å²) in [6, 6.07) is 10.7. The fourth-order valence-corrected chi connectivity index (χ4v) is 4.86. The lowest BCUT2D eigenvalue weighted by molar-refractivity contribution is 0.00461. The highest BCUT2D eigenvalue weighted by Gasteiger charge is 2.31. The van der Waals surface area contributed by atoms with Crippen LogP contribution in [-0.2, 0) is 9.47 Å². The third-order valence-corrected chi connectivity index (χ3v) is 6.48. The molecule has 1 aromatic carbocycles. The molecule has 0 bridgehead atoms. The SMILES string of the molecule is c1ccc(-c2cn3nc(NC[C@H]([C@@H]4CCOC4)N4CCOCC4)sc3n2)cc1. The lowest BCUT2D eigenvalue weighted by Gasteiger charge is -2.37. The van der Waals surface area contributed by atoms with Gasteiger partial charge in [-0.15, -0.1) is 5.10 Å². The molecule has 148 valence electrons. The quantitative estimate of drug-likeness (QED) is 0.687. The minimum Gasteiger partial charge on any atom is -0.381 e. The van der Waals surface area contributed by atoms with Crippen molar-refractivity contribution in [2.75, 3.05) is 51.4 Å². The highest BCUT2D eigenvalue weighted by atomic mass is 32.1. The number of benzene rings is 1. The van der Waals surface area contributed by atoms with Gasteiger partial charge < -0.3 is 14.8 Å². The summed E-state index contributed by atoms with van der Waals surface area (Å²) in [6.45, 7) is 6.21. The molecular weight excluding hydrogens is 374 g/mol. The van der Waals surface area contributed by atoms with Crippen molar-refractivity contribution in [2.45, 2.75) is 12.5 Å².